The Morgan fingerprint density at radius 1 is 0.568 bits per heavy atom. The average molecular weight is 529 g/mol. The summed E-state index contributed by atoms with van der Waals surface area (Å²) in [5.74, 6) is 0.661. The summed E-state index contributed by atoms with van der Waals surface area (Å²) in [6.45, 7) is 0. The van der Waals surface area contributed by atoms with Crippen molar-refractivity contribution in [2.24, 2.45) is 0 Å². The van der Waals surface area contributed by atoms with Crippen molar-refractivity contribution >= 4 is 58.5 Å². The van der Waals surface area contributed by atoms with Crippen LogP contribution in [0.25, 0.3) is 12.2 Å². The third-order valence-corrected chi connectivity index (χ3v) is 5.81. The largest absolute Gasteiger partial charge is 0.457 e. The Kier molecular flexibility index (Phi) is 8.76. The van der Waals surface area contributed by atoms with Gasteiger partial charge < -0.3 is 15.4 Å². The molecule has 0 radical (unpaired) electrons. The molecule has 0 bridgehead atoms. The molecule has 0 atom stereocenters. The zero-order chi connectivity index (χ0) is 26.0. The van der Waals surface area contributed by atoms with E-state index in [0.717, 1.165) is 11.1 Å². The van der Waals surface area contributed by atoms with Gasteiger partial charge in [0.1, 0.15) is 11.5 Å². The van der Waals surface area contributed by atoms with Crippen LogP contribution in [-0.2, 0) is 9.59 Å². The lowest BCUT2D eigenvalue weighted by atomic mass is 10.2. The SMILES string of the molecule is O=C(/C=C/c1ccccc1Cl)Nc1ccc(Oc2ccc(NC(=O)/C=C/c3ccccc3Cl)cc2)cc1. The maximum atomic E-state index is 12.2. The number of hydrogen-bond acceptors (Lipinski definition) is 3. The van der Waals surface area contributed by atoms with Crippen LogP contribution in [0.5, 0.6) is 11.5 Å². The Morgan fingerprint density at radius 3 is 1.32 bits per heavy atom. The van der Waals surface area contributed by atoms with E-state index in [-0.39, 0.29) is 11.8 Å². The van der Waals surface area contributed by atoms with E-state index in [1.54, 1.807) is 72.8 Å². The number of rotatable bonds is 8. The predicted octanol–water partition coefficient (Wildman–Crippen LogP) is 8.09. The molecule has 0 aliphatic heterocycles. The summed E-state index contributed by atoms with van der Waals surface area (Å²) in [6.07, 6.45) is 6.18. The first-order valence-corrected chi connectivity index (χ1v) is 12.1. The van der Waals surface area contributed by atoms with Gasteiger partial charge in [-0.2, -0.15) is 0 Å². The van der Waals surface area contributed by atoms with Crippen molar-refractivity contribution in [2.45, 2.75) is 0 Å². The third kappa shape index (κ3) is 7.84. The molecular weight excluding hydrogens is 507 g/mol. The van der Waals surface area contributed by atoms with Crippen LogP contribution < -0.4 is 15.4 Å². The van der Waals surface area contributed by atoms with Crippen molar-refractivity contribution in [1.29, 1.82) is 0 Å². The standard InChI is InChI=1S/C30H22Cl2N2O3/c31-27-7-3-1-5-21(27)9-19-29(35)33-23-11-15-25(16-12-23)37-26-17-13-24(14-18-26)34-30(36)20-10-22-6-2-4-8-28(22)32/h1-20H,(H,33,35)(H,34,36)/b19-9+,20-10+. The molecule has 0 spiro atoms. The van der Waals surface area contributed by atoms with Crippen molar-refractivity contribution in [3.05, 3.63) is 130 Å². The number of carbonyl (C=O) groups excluding carboxylic acids is 2. The lowest BCUT2D eigenvalue weighted by Gasteiger charge is -2.08. The van der Waals surface area contributed by atoms with Crippen molar-refractivity contribution in [2.75, 3.05) is 10.6 Å². The van der Waals surface area contributed by atoms with Crippen LogP contribution in [-0.4, -0.2) is 11.8 Å². The Labute approximate surface area is 225 Å². The lowest BCUT2D eigenvalue weighted by molar-refractivity contribution is -0.112. The van der Waals surface area contributed by atoms with Gasteiger partial charge in [-0.25, -0.2) is 0 Å². The summed E-state index contributed by atoms with van der Waals surface area (Å²) < 4.78 is 5.85. The second kappa shape index (κ2) is 12.6. The highest BCUT2D eigenvalue weighted by Crippen LogP contribution is 2.25. The Balaban J connectivity index is 1.28. The Morgan fingerprint density at radius 2 is 0.946 bits per heavy atom. The molecule has 5 nitrogen and oxygen atoms in total. The smallest absolute Gasteiger partial charge is 0.248 e. The van der Waals surface area contributed by atoms with Gasteiger partial charge in [0.15, 0.2) is 0 Å². The molecule has 2 N–H and O–H groups in total. The molecule has 2 amide bonds. The van der Waals surface area contributed by atoms with Crippen LogP contribution in [0.15, 0.2) is 109 Å². The van der Waals surface area contributed by atoms with Crippen molar-refractivity contribution in [3.63, 3.8) is 0 Å². The van der Waals surface area contributed by atoms with Crippen LogP contribution in [0.1, 0.15) is 11.1 Å². The van der Waals surface area contributed by atoms with Crippen LogP contribution >= 0.6 is 23.2 Å². The van der Waals surface area contributed by atoms with E-state index in [1.165, 1.54) is 12.2 Å². The number of ether oxygens (including phenoxy) is 1. The van der Waals surface area contributed by atoms with Gasteiger partial charge in [-0.05, 0) is 83.9 Å². The Bertz CT molecular complexity index is 1340. The molecular formula is C30H22Cl2N2O3. The monoisotopic (exact) mass is 528 g/mol. The quantitative estimate of drug-likeness (QED) is 0.227. The van der Waals surface area contributed by atoms with Gasteiger partial charge in [0, 0.05) is 33.6 Å². The van der Waals surface area contributed by atoms with Gasteiger partial charge in [0.05, 0.1) is 0 Å². The highest BCUT2D eigenvalue weighted by Gasteiger charge is 2.03. The van der Waals surface area contributed by atoms with Crippen molar-refractivity contribution in [3.8, 4) is 11.5 Å². The van der Waals surface area contributed by atoms with E-state index in [4.69, 9.17) is 27.9 Å². The van der Waals surface area contributed by atoms with E-state index in [9.17, 15) is 9.59 Å². The summed E-state index contributed by atoms with van der Waals surface area (Å²) in [4.78, 5) is 24.4. The maximum absolute atomic E-state index is 12.2. The minimum absolute atomic E-state index is 0.270. The lowest BCUT2D eigenvalue weighted by Crippen LogP contribution is -2.07. The zero-order valence-electron chi connectivity index (χ0n) is 19.5. The minimum Gasteiger partial charge on any atom is -0.457 e. The number of nitrogens with one attached hydrogen (secondary N) is 2. The van der Waals surface area contributed by atoms with Gasteiger partial charge in [0.2, 0.25) is 11.8 Å². The number of carbonyl (C=O) groups is 2. The minimum atomic E-state index is -0.270. The number of benzene rings is 4. The van der Waals surface area contributed by atoms with Gasteiger partial charge >= 0.3 is 0 Å². The molecule has 4 aromatic rings. The van der Waals surface area contributed by atoms with Gasteiger partial charge in [-0.3, -0.25) is 9.59 Å². The third-order valence-electron chi connectivity index (χ3n) is 5.12. The first kappa shape index (κ1) is 25.8. The van der Waals surface area contributed by atoms with Gasteiger partial charge in [0.25, 0.3) is 0 Å². The summed E-state index contributed by atoms with van der Waals surface area (Å²) in [6, 6.07) is 28.6. The molecule has 0 aliphatic carbocycles. The van der Waals surface area contributed by atoms with Crippen LogP contribution in [0.2, 0.25) is 10.0 Å². The van der Waals surface area contributed by atoms with Crippen molar-refractivity contribution < 1.29 is 14.3 Å². The van der Waals surface area contributed by atoms with E-state index >= 15 is 0 Å². The number of hydrogen-bond donors (Lipinski definition) is 2. The van der Waals surface area contributed by atoms with Gasteiger partial charge in [-0.15, -0.1) is 0 Å². The fourth-order valence-electron chi connectivity index (χ4n) is 3.27. The van der Waals surface area contributed by atoms with E-state index in [0.29, 0.717) is 32.9 Å². The number of halogens is 2. The summed E-state index contributed by atoms with van der Waals surface area (Å²) in [7, 11) is 0. The highest BCUT2D eigenvalue weighted by molar-refractivity contribution is 6.32. The summed E-state index contributed by atoms with van der Waals surface area (Å²) in [5, 5.41) is 6.74. The van der Waals surface area contributed by atoms with Crippen LogP contribution in [0.3, 0.4) is 0 Å². The molecule has 0 heterocycles. The summed E-state index contributed by atoms with van der Waals surface area (Å²) in [5.41, 5.74) is 2.79. The molecule has 4 rings (SSSR count). The van der Waals surface area contributed by atoms with Crippen LogP contribution in [0, 0.1) is 0 Å². The molecule has 0 saturated heterocycles. The summed E-state index contributed by atoms with van der Waals surface area (Å²) >= 11 is 12.2. The molecule has 0 fully saturated rings. The zero-order valence-corrected chi connectivity index (χ0v) is 21.0. The molecule has 0 aliphatic rings. The topological polar surface area (TPSA) is 67.4 Å². The molecule has 184 valence electrons. The molecule has 7 heteroatoms. The first-order valence-electron chi connectivity index (χ1n) is 11.3. The van der Waals surface area contributed by atoms with E-state index in [2.05, 4.69) is 10.6 Å². The normalized spacial score (nSPS) is 11.0. The van der Waals surface area contributed by atoms with E-state index in [1.807, 2.05) is 36.4 Å². The van der Waals surface area contributed by atoms with Crippen molar-refractivity contribution in [1.82, 2.24) is 0 Å². The average Bonchev–Trinajstić information content (AvgIpc) is 2.90. The molecule has 4 aromatic carbocycles. The maximum Gasteiger partial charge on any atom is 0.248 e. The van der Waals surface area contributed by atoms with Crippen LogP contribution in [0.4, 0.5) is 11.4 Å². The second-order valence-electron chi connectivity index (χ2n) is 7.84. The highest BCUT2D eigenvalue weighted by atomic mass is 35.5. The van der Waals surface area contributed by atoms with E-state index < -0.39 is 0 Å². The second-order valence-corrected chi connectivity index (χ2v) is 8.65. The fourth-order valence-corrected chi connectivity index (χ4v) is 3.67. The Hall–Kier alpha value is -4.32. The first-order chi connectivity index (χ1) is 18.0. The molecule has 37 heavy (non-hydrogen) atoms. The number of anilines is 2. The molecule has 0 saturated carbocycles. The fraction of sp³-hybridized carbons (Fsp3) is 0. The molecule has 0 aromatic heterocycles. The van der Waals surface area contributed by atoms with Gasteiger partial charge in [-0.1, -0.05) is 59.6 Å². The molecule has 0 unspecified atom stereocenters. The predicted molar refractivity (Wildman–Crippen MR) is 151 cm³/mol. The number of amides is 2.